The van der Waals surface area contributed by atoms with Crippen LogP contribution in [0.3, 0.4) is 0 Å². The van der Waals surface area contributed by atoms with Crippen molar-refractivity contribution >= 4 is 11.7 Å². The number of nitrogens with one attached hydrogen (secondary N) is 1. The first-order chi connectivity index (χ1) is 10.7. The summed E-state index contributed by atoms with van der Waals surface area (Å²) in [6, 6.07) is 10.7. The first-order valence-electron chi connectivity index (χ1n) is 6.53. The molecule has 108 valence electrons. The van der Waals surface area contributed by atoms with Crippen LogP contribution in [0.5, 0.6) is 0 Å². The standard InChI is InChI=1S/C16H11FN4O/c17-12-6-4-11(5-7-12)16(22)21-15-10-19-14(9-20-15)13-3-1-2-8-18-13/h1-10H,(H,20,21,22). The van der Waals surface area contributed by atoms with Crippen LogP contribution in [-0.2, 0) is 0 Å². The number of aromatic nitrogens is 3. The number of pyridine rings is 1. The Morgan fingerprint density at radius 2 is 1.73 bits per heavy atom. The predicted octanol–water partition coefficient (Wildman–Crippen LogP) is 2.93. The van der Waals surface area contributed by atoms with E-state index in [-0.39, 0.29) is 5.91 Å². The molecule has 0 aliphatic carbocycles. The zero-order valence-electron chi connectivity index (χ0n) is 11.4. The van der Waals surface area contributed by atoms with Crippen molar-refractivity contribution in [3.8, 4) is 11.4 Å². The van der Waals surface area contributed by atoms with Crippen LogP contribution in [-0.4, -0.2) is 20.9 Å². The van der Waals surface area contributed by atoms with Gasteiger partial charge in [0.05, 0.1) is 18.1 Å². The van der Waals surface area contributed by atoms with Gasteiger partial charge in [-0.2, -0.15) is 0 Å². The first kappa shape index (κ1) is 13.8. The molecule has 2 aromatic heterocycles. The zero-order valence-corrected chi connectivity index (χ0v) is 11.4. The van der Waals surface area contributed by atoms with Crippen LogP contribution in [0.15, 0.2) is 61.1 Å². The van der Waals surface area contributed by atoms with Crippen LogP contribution in [0, 0.1) is 5.82 Å². The van der Waals surface area contributed by atoms with Gasteiger partial charge in [-0.3, -0.25) is 9.78 Å². The molecule has 0 atom stereocenters. The van der Waals surface area contributed by atoms with Gasteiger partial charge in [0.1, 0.15) is 11.5 Å². The van der Waals surface area contributed by atoms with Gasteiger partial charge < -0.3 is 5.32 Å². The maximum absolute atomic E-state index is 12.8. The van der Waals surface area contributed by atoms with Crippen LogP contribution >= 0.6 is 0 Å². The second-order valence-electron chi connectivity index (χ2n) is 4.46. The van der Waals surface area contributed by atoms with Crippen molar-refractivity contribution in [2.45, 2.75) is 0 Å². The highest BCUT2D eigenvalue weighted by Crippen LogP contribution is 2.13. The van der Waals surface area contributed by atoms with Crippen LogP contribution in [0.2, 0.25) is 0 Å². The van der Waals surface area contributed by atoms with E-state index in [1.807, 2.05) is 18.2 Å². The maximum Gasteiger partial charge on any atom is 0.256 e. The summed E-state index contributed by atoms with van der Waals surface area (Å²) in [5.41, 5.74) is 1.66. The Hall–Kier alpha value is -3.15. The summed E-state index contributed by atoms with van der Waals surface area (Å²) >= 11 is 0. The number of nitrogens with zero attached hydrogens (tertiary/aromatic N) is 3. The van der Waals surface area contributed by atoms with Gasteiger partial charge in [-0.05, 0) is 36.4 Å². The molecule has 3 aromatic rings. The van der Waals surface area contributed by atoms with Gasteiger partial charge in [0.2, 0.25) is 0 Å². The minimum atomic E-state index is -0.393. The molecule has 0 aliphatic rings. The molecule has 1 amide bonds. The fourth-order valence-electron chi connectivity index (χ4n) is 1.83. The van der Waals surface area contributed by atoms with E-state index in [2.05, 4.69) is 20.3 Å². The molecule has 0 radical (unpaired) electrons. The van der Waals surface area contributed by atoms with E-state index >= 15 is 0 Å². The van der Waals surface area contributed by atoms with Crippen molar-refractivity contribution in [3.05, 3.63) is 72.4 Å². The Morgan fingerprint density at radius 3 is 2.36 bits per heavy atom. The largest absolute Gasteiger partial charge is 0.305 e. The van der Waals surface area contributed by atoms with Crippen LogP contribution < -0.4 is 5.32 Å². The van der Waals surface area contributed by atoms with E-state index in [1.54, 1.807) is 6.20 Å². The van der Waals surface area contributed by atoms with Crippen molar-refractivity contribution in [3.63, 3.8) is 0 Å². The highest BCUT2D eigenvalue weighted by Gasteiger charge is 2.08. The Balaban J connectivity index is 1.73. The fraction of sp³-hybridized carbons (Fsp3) is 0. The number of hydrogen-bond donors (Lipinski definition) is 1. The Bertz CT molecular complexity index is 774. The second kappa shape index (κ2) is 6.09. The third kappa shape index (κ3) is 3.12. The molecule has 0 fully saturated rings. The normalized spacial score (nSPS) is 10.2. The van der Waals surface area contributed by atoms with Gasteiger partial charge in [0, 0.05) is 11.8 Å². The highest BCUT2D eigenvalue weighted by molar-refractivity contribution is 6.03. The van der Waals surface area contributed by atoms with Gasteiger partial charge >= 0.3 is 0 Å². The summed E-state index contributed by atoms with van der Waals surface area (Å²) in [6.45, 7) is 0. The number of hydrogen-bond acceptors (Lipinski definition) is 4. The second-order valence-corrected chi connectivity index (χ2v) is 4.46. The first-order valence-corrected chi connectivity index (χ1v) is 6.53. The molecule has 1 aromatic carbocycles. The molecule has 0 bridgehead atoms. The fourth-order valence-corrected chi connectivity index (χ4v) is 1.83. The van der Waals surface area contributed by atoms with Crippen molar-refractivity contribution < 1.29 is 9.18 Å². The maximum atomic E-state index is 12.8. The molecule has 1 N–H and O–H groups in total. The van der Waals surface area contributed by atoms with Crippen LogP contribution in [0.25, 0.3) is 11.4 Å². The lowest BCUT2D eigenvalue weighted by atomic mass is 10.2. The van der Waals surface area contributed by atoms with Gasteiger partial charge in [-0.1, -0.05) is 6.07 Å². The average Bonchev–Trinajstić information content (AvgIpc) is 2.57. The molecule has 3 rings (SSSR count). The average molecular weight is 294 g/mol. The quantitative estimate of drug-likeness (QED) is 0.806. The van der Waals surface area contributed by atoms with Crippen LogP contribution in [0.1, 0.15) is 10.4 Å². The molecule has 22 heavy (non-hydrogen) atoms. The lowest BCUT2D eigenvalue weighted by Crippen LogP contribution is -2.13. The van der Waals surface area contributed by atoms with Crippen molar-refractivity contribution in [2.24, 2.45) is 0 Å². The molecule has 0 aliphatic heterocycles. The molecular weight excluding hydrogens is 283 g/mol. The van der Waals surface area contributed by atoms with E-state index in [4.69, 9.17) is 0 Å². The lowest BCUT2D eigenvalue weighted by molar-refractivity contribution is 0.102. The Morgan fingerprint density at radius 1 is 0.909 bits per heavy atom. The number of carbonyl (C=O) groups is 1. The Kier molecular flexibility index (Phi) is 3.82. The molecule has 6 heteroatoms. The summed E-state index contributed by atoms with van der Waals surface area (Å²) < 4.78 is 12.8. The number of amides is 1. The zero-order chi connectivity index (χ0) is 15.4. The van der Waals surface area contributed by atoms with Crippen molar-refractivity contribution in [1.82, 2.24) is 15.0 Å². The molecule has 0 saturated carbocycles. The number of carbonyl (C=O) groups excluding carboxylic acids is 1. The minimum absolute atomic E-state index is 0.314. The smallest absolute Gasteiger partial charge is 0.256 e. The third-order valence-corrected chi connectivity index (χ3v) is 2.93. The number of rotatable bonds is 3. The molecular formula is C16H11FN4O. The SMILES string of the molecule is O=C(Nc1cnc(-c2ccccn2)cn1)c1ccc(F)cc1. The van der Waals surface area contributed by atoms with Gasteiger partial charge in [-0.15, -0.1) is 0 Å². The summed E-state index contributed by atoms with van der Waals surface area (Å²) in [4.78, 5) is 24.5. The number of anilines is 1. The van der Waals surface area contributed by atoms with Crippen molar-refractivity contribution in [2.75, 3.05) is 5.32 Å². The number of benzene rings is 1. The summed E-state index contributed by atoms with van der Waals surface area (Å²) in [5, 5.41) is 2.60. The summed E-state index contributed by atoms with van der Waals surface area (Å²) in [5.74, 6) is -0.454. The molecule has 0 saturated heterocycles. The van der Waals surface area contributed by atoms with Gasteiger partial charge in [0.25, 0.3) is 5.91 Å². The monoisotopic (exact) mass is 294 g/mol. The number of halogens is 1. The summed E-state index contributed by atoms with van der Waals surface area (Å²) in [7, 11) is 0. The van der Waals surface area contributed by atoms with E-state index in [1.165, 1.54) is 36.7 Å². The van der Waals surface area contributed by atoms with Crippen LogP contribution in [0.4, 0.5) is 10.2 Å². The minimum Gasteiger partial charge on any atom is -0.305 e. The lowest BCUT2D eigenvalue weighted by Gasteiger charge is -2.05. The topological polar surface area (TPSA) is 67.8 Å². The van der Waals surface area contributed by atoms with Gasteiger partial charge in [-0.25, -0.2) is 14.4 Å². The van der Waals surface area contributed by atoms with E-state index in [9.17, 15) is 9.18 Å². The summed E-state index contributed by atoms with van der Waals surface area (Å²) in [6.07, 6.45) is 4.65. The van der Waals surface area contributed by atoms with E-state index in [0.29, 0.717) is 22.8 Å². The molecule has 2 heterocycles. The molecule has 5 nitrogen and oxygen atoms in total. The van der Waals surface area contributed by atoms with E-state index in [0.717, 1.165) is 0 Å². The Labute approximate surface area is 125 Å². The molecule has 0 unspecified atom stereocenters. The highest BCUT2D eigenvalue weighted by atomic mass is 19.1. The third-order valence-electron chi connectivity index (χ3n) is 2.93. The van der Waals surface area contributed by atoms with Gasteiger partial charge in [0.15, 0.2) is 5.82 Å². The predicted molar refractivity (Wildman–Crippen MR) is 79.6 cm³/mol. The van der Waals surface area contributed by atoms with Crippen molar-refractivity contribution in [1.29, 1.82) is 0 Å². The van der Waals surface area contributed by atoms with E-state index < -0.39 is 5.82 Å². The molecule has 0 spiro atoms.